The fourth-order valence-corrected chi connectivity index (χ4v) is 4.31. The molecule has 0 aliphatic heterocycles. The molecule has 1 rings (SSSR count). The van der Waals surface area contributed by atoms with Gasteiger partial charge in [-0.1, -0.05) is 52.3 Å². The topological polar surface area (TPSA) is 142 Å². The van der Waals surface area contributed by atoms with Crippen LogP contribution >= 0.6 is 0 Å². The minimum absolute atomic E-state index is 0.293. The van der Waals surface area contributed by atoms with Crippen LogP contribution in [-0.4, -0.2) is 94.7 Å². The number of hydrogen-bond donors (Lipinski definition) is 0. The van der Waals surface area contributed by atoms with Gasteiger partial charge < -0.3 is 37.0 Å². The van der Waals surface area contributed by atoms with Gasteiger partial charge >= 0.3 is 32.7 Å². The molecule has 0 aromatic heterocycles. The average Bonchev–Trinajstić information content (AvgIpc) is 3.21. The minimum atomic E-state index is -2.52. The van der Waals surface area contributed by atoms with E-state index in [-0.39, 0.29) is 5.97 Å². The molecule has 0 amide bonds. The third kappa shape index (κ3) is 29.8. The van der Waals surface area contributed by atoms with Crippen LogP contribution < -0.4 is 0 Å². The predicted molar refractivity (Wildman–Crippen MR) is 196 cm³/mol. The number of halogens is 5. The van der Waals surface area contributed by atoms with Crippen molar-refractivity contribution >= 4 is 38.8 Å². The highest BCUT2D eigenvalue weighted by Gasteiger charge is 2.37. The third-order valence-electron chi connectivity index (χ3n) is 5.39. The number of esters is 4. The summed E-state index contributed by atoms with van der Waals surface area (Å²) < 4.78 is 101. The second kappa shape index (κ2) is 39.5. The third-order valence-corrected chi connectivity index (χ3v) is 8.23. The molecule has 0 unspecified atom stereocenters. The quantitative estimate of drug-likeness (QED) is 0.0173. The maximum absolute atomic E-state index is 12.6. The molecule has 0 saturated carbocycles. The predicted octanol–water partition coefficient (Wildman–Crippen LogP) is 7.03. The Morgan fingerprint density at radius 2 is 0.907 bits per heavy atom. The second-order valence-corrected chi connectivity index (χ2v) is 11.9. The number of carbonyl (C=O) groups is 4. The molecular formula is C36H53F5O12Si. The van der Waals surface area contributed by atoms with Crippen LogP contribution in [0.25, 0.3) is 6.08 Å². The normalized spacial score (nSPS) is 9.24. The van der Waals surface area contributed by atoms with Crippen LogP contribution in [0.5, 0.6) is 0 Å². The van der Waals surface area contributed by atoms with Crippen molar-refractivity contribution in [2.75, 3.05) is 62.0 Å². The molecule has 0 aliphatic rings. The van der Waals surface area contributed by atoms with Gasteiger partial charge in [-0.15, -0.1) is 13.2 Å². The maximum atomic E-state index is 12.6. The van der Waals surface area contributed by atoms with Gasteiger partial charge in [0.05, 0.1) is 32.5 Å². The van der Waals surface area contributed by atoms with E-state index in [1.165, 1.54) is 13.2 Å². The number of methoxy groups -OCH3 is 2. The largest absolute Gasteiger partial charge is 0.500 e. The van der Waals surface area contributed by atoms with Crippen LogP contribution in [0.1, 0.15) is 31.7 Å². The summed E-state index contributed by atoms with van der Waals surface area (Å²) in [6.45, 7) is 25.5. The number of ether oxygens (including phenoxy) is 5. The summed E-state index contributed by atoms with van der Waals surface area (Å²) in [7, 11) is 4.99. The monoisotopic (exact) mass is 800 g/mol. The molecule has 0 bridgehead atoms. The van der Waals surface area contributed by atoms with E-state index in [1.54, 1.807) is 28.4 Å². The maximum Gasteiger partial charge on any atom is 0.500 e. The fraction of sp³-hybridized carbons (Fsp3) is 0.389. The molecule has 54 heavy (non-hydrogen) atoms. The molecule has 0 spiro atoms. The molecule has 0 saturated heterocycles. The van der Waals surface area contributed by atoms with E-state index < -0.39 is 61.4 Å². The number of rotatable bonds is 18. The van der Waals surface area contributed by atoms with Crippen LogP contribution in [0, 0.1) is 29.1 Å². The van der Waals surface area contributed by atoms with Gasteiger partial charge in [0.2, 0.25) is 5.82 Å². The lowest BCUT2D eigenvalue weighted by Gasteiger charge is -2.23. The Balaban J connectivity index is -0.000000189. The first-order chi connectivity index (χ1) is 25.6. The van der Waals surface area contributed by atoms with Crippen molar-refractivity contribution in [2.45, 2.75) is 32.2 Å². The van der Waals surface area contributed by atoms with E-state index in [2.05, 4.69) is 65.0 Å². The van der Waals surface area contributed by atoms with Crippen LogP contribution in [0.15, 0.2) is 70.4 Å². The van der Waals surface area contributed by atoms with Crippen molar-refractivity contribution in [1.29, 1.82) is 0 Å². The van der Waals surface area contributed by atoms with E-state index >= 15 is 0 Å². The van der Waals surface area contributed by atoms with Crippen molar-refractivity contribution in [3.05, 3.63) is 105 Å². The SMILES string of the molecule is C=C.C=CC(=O)OC.C=CC(=O)OCCCC.C=CC(=O)OCCC[Si](OC)(OC)OC.C=CC(=O)OCCOC.C=Cc1c(F)c(F)c(F)c(F)c1F. The molecule has 12 nitrogen and oxygen atoms in total. The van der Waals surface area contributed by atoms with Crippen molar-refractivity contribution in [1.82, 2.24) is 0 Å². The van der Waals surface area contributed by atoms with Crippen molar-refractivity contribution in [2.24, 2.45) is 0 Å². The lowest BCUT2D eigenvalue weighted by atomic mass is 10.1. The molecule has 18 heteroatoms. The van der Waals surface area contributed by atoms with Gasteiger partial charge in [-0.3, -0.25) is 0 Å². The first kappa shape index (κ1) is 58.6. The summed E-state index contributed by atoms with van der Waals surface area (Å²) in [6.07, 6.45) is 7.72. The zero-order valence-electron chi connectivity index (χ0n) is 31.8. The first-order valence-corrected chi connectivity index (χ1v) is 17.4. The zero-order valence-corrected chi connectivity index (χ0v) is 32.8. The van der Waals surface area contributed by atoms with Gasteiger partial charge in [-0.2, -0.15) is 0 Å². The van der Waals surface area contributed by atoms with Gasteiger partial charge in [-0.25, -0.2) is 41.1 Å². The summed E-state index contributed by atoms with van der Waals surface area (Å²) in [5, 5.41) is 0. The number of unbranched alkanes of at least 4 members (excludes halogenated alkanes) is 1. The average molecular weight is 801 g/mol. The lowest BCUT2D eigenvalue weighted by Crippen LogP contribution is -2.42. The van der Waals surface area contributed by atoms with Gasteiger partial charge in [-0.05, 0) is 12.8 Å². The highest BCUT2D eigenvalue weighted by atomic mass is 28.4. The molecule has 0 heterocycles. The Hall–Kier alpha value is -4.75. The lowest BCUT2D eigenvalue weighted by molar-refractivity contribution is -0.139. The molecule has 0 aliphatic carbocycles. The standard InChI is InChI=1S/C9H18O5Si.C8H3F5.C7H12O2.C6H10O3.C4H6O2.C2H4/c1-5-9(10)14-7-6-8-15(11-2,12-3)13-4;1-2-3-4(9)6(11)8(13)7(12)5(3)10;1-3-5-6-9-7(8)4-2;1-3-6(7)9-5-4-8-2;1-3-4(5)6-2;1-2/h5H,1,6-8H2,2-4H3;2H,1H2;4H,2-3,5-6H2,1H3;3H,1,4-5H2,2H3;3H,1H2,2H3;1-2H2. The molecular weight excluding hydrogens is 747 g/mol. The summed E-state index contributed by atoms with van der Waals surface area (Å²) in [6, 6.07) is 0.612. The van der Waals surface area contributed by atoms with Gasteiger partial charge in [0, 0.05) is 58.8 Å². The van der Waals surface area contributed by atoms with E-state index in [1.807, 2.05) is 6.92 Å². The Labute approximate surface area is 315 Å². The molecule has 0 radical (unpaired) electrons. The van der Waals surface area contributed by atoms with E-state index in [9.17, 15) is 41.1 Å². The van der Waals surface area contributed by atoms with Crippen LogP contribution in [0.3, 0.4) is 0 Å². The van der Waals surface area contributed by atoms with Gasteiger partial charge in [0.25, 0.3) is 0 Å². The Kier molecular flexibility index (Phi) is 42.8. The van der Waals surface area contributed by atoms with E-state index in [0.29, 0.717) is 45.0 Å². The Morgan fingerprint density at radius 1 is 0.556 bits per heavy atom. The smallest absolute Gasteiger partial charge is 0.466 e. The summed E-state index contributed by atoms with van der Waals surface area (Å²) >= 11 is 0. The summed E-state index contributed by atoms with van der Waals surface area (Å²) in [5.41, 5.74) is -1.02. The van der Waals surface area contributed by atoms with Gasteiger partial charge in [0.15, 0.2) is 23.3 Å². The highest BCUT2D eigenvalue weighted by Crippen LogP contribution is 2.23. The van der Waals surface area contributed by atoms with E-state index in [0.717, 1.165) is 31.1 Å². The number of benzene rings is 1. The number of hydrogen-bond acceptors (Lipinski definition) is 12. The van der Waals surface area contributed by atoms with Crippen molar-refractivity contribution in [3.8, 4) is 0 Å². The second-order valence-electron chi connectivity index (χ2n) is 8.78. The van der Waals surface area contributed by atoms with Crippen LogP contribution in [-0.2, 0) is 56.1 Å². The molecule has 308 valence electrons. The van der Waals surface area contributed by atoms with Crippen molar-refractivity contribution < 1.29 is 78.1 Å². The molecule has 0 N–H and O–H groups in total. The van der Waals surface area contributed by atoms with Crippen LogP contribution in [0.2, 0.25) is 6.04 Å². The zero-order chi connectivity index (χ0) is 43.1. The van der Waals surface area contributed by atoms with Crippen LogP contribution in [0.4, 0.5) is 22.0 Å². The van der Waals surface area contributed by atoms with Gasteiger partial charge in [0.1, 0.15) is 6.61 Å². The molecule has 1 aromatic carbocycles. The fourth-order valence-electron chi connectivity index (χ4n) is 2.62. The highest BCUT2D eigenvalue weighted by molar-refractivity contribution is 6.60. The molecule has 1 aromatic rings. The Bertz CT molecular complexity index is 1210. The molecule has 0 atom stereocenters. The first-order valence-electron chi connectivity index (χ1n) is 15.4. The van der Waals surface area contributed by atoms with Crippen molar-refractivity contribution in [3.63, 3.8) is 0 Å². The summed E-state index contributed by atoms with van der Waals surface area (Å²) in [4.78, 5) is 41.2. The minimum Gasteiger partial charge on any atom is -0.466 e. The molecule has 0 fully saturated rings. The summed E-state index contributed by atoms with van der Waals surface area (Å²) in [5.74, 6) is -11.4. The number of carbonyl (C=O) groups excluding carboxylic acids is 4. The Morgan fingerprint density at radius 3 is 1.19 bits per heavy atom. The van der Waals surface area contributed by atoms with E-state index in [4.69, 9.17) is 18.0 Å².